The van der Waals surface area contributed by atoms with Gasteiger partial charge in [0.1, 0.15) is 0 Å². The monoisotopic (exact) mass is 370 g/mol. The van der Waals surface area contributed by atoms with Gasteiger partial charge in [-0.25, -0.2) is 0 Å². The molecule has 140 valence electrons. The molecule has 1 saturated carbocycles. The van der Waals surface area contributed by atoms with E-state index in [4.69, 9.17) is 5.11 Å². The number of hydrogen-bond acceptors (Lipinski definition) is 3. The second-order valence-corrected chi connectivity index (χ2v) is 6.69. The lowest BCUT2D eigenvalue weighted by Gasteiger charge is -2.27. The van der Waals surface area contributed by atoms with Gasteiger partial charge in [-0.3, -0.25) is 14.4 Å². The Kier molecular flexibility index (Phi) is 4.41. The Morgan fingerprint density at radius 1 is 1.12 bits per heavy atom. The molecule has 1 heterocycles. The third-order valence-electron chi connectivity index (χ3n) is 4.82. The molecule has 2 aliphatic rings. The van der Waals surface area contributed by atoms with Gasteiger partial charge < -0.3 is 15.3 Å². The number of carbonyl (C=O) groups is 3. The molecule has 1 aliphatic heterocycles. The smallest absolute Gasteiger partial charge is 0.406 e. The molecule has 9 heteroatoms. The van der Waals surface area contributed by atoms with Gasteiger partial charge in [0, 0.05) is 30.3 Å². The molecule has 0 radical (unpaired) electrons. The number of carboxylic acid groups (broad SMARTS) is 1. The average Bonchev–Trinajstić information content (AvgIpc) is 3.26. The minimum Gasteiger partial charge on any atom is -0.481 e. The summed E-state index contributed by atoms with van der Waals surface area (Å²) in [6.07, 6.45) is -3.76. The number of amides is 2. The highest BCUT2D eigenvalue weighted by molar-refractivity contribution is 5.98. The number of benzene rings is 1. The fraction of sp³-hybridized carbons (Fsp3) is 0.471. The molecule has 2 fully saturated rings. The third kappa shape index (κ3) is 3.25. The lowest BCUT2D eigenvalue weighted by molar-refractivity contribution is -0.227. The molecule has 1 saturated heterocycles. The first-order valence-corrected chi connectivity index (χ1v) is 8.14. The minimum absolute atomic E-state index is 0.108. The zero-order valence-electron chi connectivity index (χ0n) is 13.7. The van der Waals surface area contributed by atoms with Crippen molar-refractivity contribution in [3.63, 3.8) is 0 Å². The number of nitrogens with zero attached hydrogens (tertiary/aromatic N) is 1. The van der Waals surface area contributed by atoms with Gasteiger partial charge in [-0.2, -0.15) is 13.2 Å². The number of likely N-dealkylation sites (tertiary alicyclic amines) is 1. The minimum atomic E-state index is -4.95. The van der Waals surface area contributed by atoms with Crippen molar-refractivity contribution in [2.75, 3.05) is 13.1 Å². The van der Waals surface area contributed by atoms with Crippen molar-refractivity contribution in [1.82, 2.24) is 10.2 Å². The van der Waals surface area contributed by atoms with E-state index in [1.165, 1.54) is 24.3 Å². The molecule has 0 bridgehead atoms. The van der Waals surface area contributed by atoms with Crippen LogP contribution in [-0.2, 0) is 4.79 Å². The molecule has 3 rings (SSSR count). The van der Waals surface area contributed by atoms with Crippen LogP contribution in [0.25, 0.3) is 0 Å². The van der Waals surface area contributed by atoms with Gasteiger partial charge in [0.2, 0.25) is 0 Å². The second-order valence-electron chi connectivity index (χ2n) is 6.69. The van der Waals surface area contributed by atoms with Crippen molar-refractivity contribution in [2.24, 2.45) is 5.41 Å². The molecule has 0 spiro atoms. The third-order valence-corrected chi connectivity index (χ3v) is 4.82. The molecule has 0 aromatic heterocycles. The zero-order valence-corrected chi connectivity index (χ0v) is 13.7. The predicted molar refractivity (Wildman–Crippen MR) is 83.6 cm³/mol. The van der Waals surface area contributed by atoms with Gasteiger partial charge in [-0.1, -0.05) is 0 Å². The summed E-state index contributed by atoms with van der Waals surface area (Å²) < 4.78 is 39.6. The summed E-state index contributed by atoms with van der Waals surface area (Å²) in [4.78, 5) is 36.4. The molecule has 2 N–H and O–H groups in total. The van der Waals surface area contributed by atoms with Crippen molar-refractivity contribution in [3.8, 4) is 0 Å². The Balaban J connectivity index is 1.71. The summed E-state index contributed by atoms with van der Waals surface area (Å²) >= 11 is 0. The summed E-state index contributed by atoms with van der Waals surface area (Å²) in [7, 11) is 0. The van der Waals surface area contributed by atoms with Crippen molar-refractivity contribution in [1.29, 1.82) is 0 Å². The van der Waals surface area contributed by atoms with Crippen LogP contribution < -0.4 is 5.32 Å². The Hall–Kier alpha value is -2.58. The summed E-state index contributed by atoms with van der Waals surface area (Å²) in [6, 6.07) is 5.75. The standard InChI is InChI=1S/C17H17F3N2O4/c18-17(19,20)16(15(25)26)7-8-22(9-16)14(24)11-3-1-10(2-4-11)13(23)21-12-5-6-12/h1-4,12H,5-9H2,(H,21,23)(H,25,26). The zero-order chi connectivity index (χ0) is 19.1. The fourth-order valence-electron chi connectivity index (χ4n) is 2.95. The van der Waals surface area contributed by atoms with Gasteiger partial charge >= 0.3 is 12.1 Å². The van der Waals surface area contributed by atoms with E-state index in [9.17, 15) is 27.6 Å². The number of hydrogen-bond donors (Lipinski definition) is 2. The molecule has 1 aliphatic carbocycles. The SMILES string of the molecule is O=C(NC1CC1)c1ccc(C(=O)N2CCC(C(=O)O)(C(F)(F)F)C2)cc1. The van der Waals surface area contributed by atoms with Gasteiger partial charge in [0.05, 0.1) is 0 Å². The number of carboxylic acids is 1. The maximum atomic E-state index is 13.2. The van der Waals surface area contributed by atoms with E-state index < -0.39 is 36.4 Å². The van der Waals surface area contributed by atoms with E-state index in [-0.39, 0.29) is 24.1 Å². The lowest BCUT2D eigenvalue weighted by atomic mass is 9.86. The van der Waals surface area contributed by atoms with Crippen LogP contribution in [0.3, 0.4) is 0 Å². The Morgan fingerprint density at radius 3 is 2.15 bits per heavy atom. The maximum Gasteiger partial charge on any atom is 0.406 e. The van der Waals surface area contributed by atoms with Gasteiger partial charge in [-0.05, 0) is 43.5 Å². The quantitative estimate of drug-likeness (QED) is 0.849. The van der Waals surface area contributed by atoms with E-state index in [0.29, 0.717) is 5.56 Å². The van der Waals surface area contributed by atoms with E-state index in [1.807, 2.05) is 0 Å². The number of halogens is 3. The van der Waals surface area contributed by atoms with Crippen LogP contribution in [0.1, 0.15) is 40.0 Å². The summed E-state index contributed by atoms with van der Waals surface area (Å²) in [6.45, 7) is -1.22. The number of alkyl halides is 3. The van der Waals surface area contributed by atoms with E-state index in [0.717, 1.165) is 17.7 Å². The Labute approximate surface area is 147 Å². The predicted octanol–water partition coefficient (Wildman–Crippen LogP) is 2.06. The van der Waals surface area contributed by atoms with Gasteiger partial charge in [-0.15, -0.1) is 0 Å². The summed E-state index contributed by atoms with van der Waals surface area (Å²) in [5.41, 5.74) is -2.48. The van der Waals surface area contributed by atoms with Crippen LogP contribution in [-0.4, -0.2) is 53.1 Å². The summed E-state index contributed by atoms with van der Waals surface area (Å²) in [5.74, 6) is -2.94. The largest absolute Gasteiger partial charge is 0.481 e. The number of rotatable bonds is 4. The van der Waals surface area contributed by atoms with Crippen LogP contribution in [0.4, 0.5) is 13.2 Å². The molecular weight excluding hydrogens is 353 g/mol. The van der Waals surface area contributed by atoms with Crippen molar-refractivity contribution >= 4 is 17.8 Å². The van der Waals surface area contributed by atoms with E-state index in [2.05, 4.69) is 5.32 Å². The number of nitrogens with one attached hydrogen (secondary N) is 1. The van der Waals surface area contributed by atoms with Crippen molar-refractivity contribution in [2.45, 2.75) is 31.5 Å². The highest BCUT2D eigenvalue weighted by Gasteiger charge is 2.64. The van der Waals surface area contributed by atoms with Crippen LogP contribution in [0, 0.1) is 5.41 Å². The van der Waals surface area contributed by atoms with Crippen molar-refractivity contribution < 1.29 is 32.7 Å². The molecule has 1 aromatic rings. The first kappa shape index (κ1) is 18.2. The number of carbonyl (C=O) groups excluding carboxylic acids is 2. The highest BCUT2D eigenvalue weighted by Crippen LogP contribution is 2.46. The number of aliphatic carboxylic acids is 1. The second kappa shape index (κ2) is 6.30. The molecule has 1 aromatic carbocycles. The van der Waals surface area contributed by atoms with Gasteiger partial charge in [0.25, 0.3) is 11.8 Å². The van der Waals surface area contributed by atoms with Crippen LogP contribution in [0.2, 0.25) is 0 Å². The first-order valence-electron chi connectivity index (χ1n) is 8.14. The van der Waals surface area contributed by atoms with Gasteiger partial charge in [0.15, 0.2) is 5.41 Å². The van der Waals surface area contributed by atoms with Crippen molar-refractivity contribution in [3.05, 3.63) is 35.4 Å². The van der Waals surface area contributed by atoms with E-state index >= 15 is 0 Å². The van der Waals surface area contributed by atoms with E-state index in [1.54, 1.807) is 0 Å². The van der Waals surface area contributed by atoms with Crippen LogP contribution in [0.5, 0.6) is 0 Å². The Morgan fingerprint density at radius 2 is 1.69 bits per heavy atom. The molecule has 2 amide bonds. The first-order chi connectivity index (χ1) is 12.1. The maximum absolute atomic E-state index is 13.2. The van der Waals surface area contributed by atoms with Crippen LogP contribution in [0.15, 0.2) is 24.3 Å². The molecular formula is C17H17F3N2O4. The molecule has 26 heavy (non-hydrogen) atoms. The average molecular weight is 370 g/mol. The Bertz CT molecular complexity index is 743. The molecule has 6 nitrogen and oxygen atoms in total. The molecule has 1 unspecified atom stereocenters. The van der Waals surface area contributed by atoms with Crippen LogP contribution >= 0.6 is 0 Å². The topological polar surface area (TPSA) is 86.7 Å². The summed E-state index contributed by atoms with van der Waals surface area (Å²) in [5, 5.41) is 11.8. The normalized spacial score (nSPS) is 23.0. The highest BCUT2D eigenvalue weighted by atomic mass is 19.4. The lowest BCUT2D eigenvalue weighted by Crippen LogP contribution is -2.47. The fourth-order valence-corrected chi connectivity index (χ4v) is 2.95. The molecule has 1 atom stereocenters.